The zero-order valence-corrected chi connectivity index (χ0v) is 13.9. The topological polar surface area (TPSA) is 61.8 Å². The normalized spacial score (nSPS) is 24.6. The van der Waals surface area contributed by atoms with E-state index in [2.05, 4.69) is 0 Å². The molecule has 1 aliphatic heterocycles. The maximum atomic E-state index is 11.3. The third-order valence-electron chi connectivity index (χ3n) is 3.63. The van der Waals surface area contributed by atoms with Gasteiger partial charge in [0.1, 0.15) is 11.5 Å². The summed E-state index contributed by atoms with van der Waals surface area (Å²) >= 11 is 0. The molecule has 2 rings (SSSR count). The number of benzene rings is 1. The molecule has 6 heteroatoms. The molecule has 21 heavy (non-hydrogen) atoms. The SMILES string of the molecule is CCC1(C)OCC(C)(C)c2cc(OS(C)(=O)=O)ccc2O1. The standard InChI is InChI=1S/C15H22O5S/c1-6-15(4)18-10-14(2,3)12-9-11(20-21(5,16)17)7-8-13(12)19-15/h7-9H,6,10H2,1-5H3. The molecular formula is C15H22O5S. The van der Waals surface area contributed by atoms with Crippen molar-refractivity contribution < 1.29 is 22.1 Å². The van der Waals surface area contributed by atoms with E-state index in [0.717, 1.165) is 11.8 Å². The summed E-state index contributed by atoms with van der Waals surface area (Å²) in [5.74, 6) is 0.303. The second-order valence-electron chi connectivity index (χ2n) is 6.21. The van der Waals surface area contributed by atoms with Gasteiger partial charge in [0.25, 0.3) is 0 Å². The lowest BCUT2D eigenvalue weighted by atomic mass is 9.85. The maximum Gasteiger partial charge on any atom is 0.306 e. The first-order valence-electron chi connectivity index (χ1n) is 6.92. The summed E-state index contributed by atoms with van der Waals surface area (Å²) in [6.07, 6.45) is 1.74. The molecule has 0 bridgehead atoms. The van der Waals surface area contributed by atoms with Crippen LogP contribution in [0, 0.1) is 0 Å². The quantitative estimate of drug-likeness (QED) is 0.803. The van der Waals surface area contributed by atoms with Crippen molar-refractivity contribution in [2.45, 2.75) is 45.3 Å². The van der Waals surface area contributed by atoms with Crippen LogP contribution in [0.25, 0.3) is 0 Å². The van der Waals surface area contributed by atoms with Crippen LogP contribution < -0.4 is 8.92 Å². The monoisotopic (exact) mass is 314 g/mol. The van der Waals surface area contributed by atoms with Crippen LogP contribution in [0.15, 0.2) is 18.2 Å². The highest BCUT2D eigenvalue weighted by molar-refractivity contribution is 7.86. The molecule has 0 spiro atoms. The Morgan fingerprint density at radius 3 is 2.52 bits per heavy atom. The highest BCUT2D eigenvalue weighted by Crippen LogP contribution is 2.41. The van der Waals surface area contributed by atoms with Crippen molar-refractivity contribution in [2.75, 3.05) is 12.9 Å². The number of rotatable bonds is 3. The molecule has 118 valence electrons. The van der Waals surface area contributed by atoms with Gasteiger partial charge in [0.05, 0.1) is 12.9 Å². The Bertz CT molecular complexity index is 635. The van der Waals surface area contributed by atoms with Gasteiger partial charge in [0.15, 0.2) is 0 Å². The van der Waals surface area contributed by atoms with Gasteiger partial charge < -0.3 is 13.7 Å². The van der Waals surface area contributed by atoms with E-state index in [9.17, 15) is 8.42 Å². The third-order valence-corrected chi connectivity index (χ3v) is 4.13. The number of ether oxygens (including phenoxy) is 2. The molecule has 0 aliphatic carbocycles. The number of hydrogen-bond acceptors (Lipinski definition) is 5. The minimum atomic E-state index is -3.55. The Morgan fingerprint density at radius 1 is 1.29 bits per heavy atom. The van der Waals surface area contributed by atoms with Crippen LogP contribution in [-0.4, -0.2) is 27.1 Å². The Morgan fingerprint density at radius 2 is 1.95 bits per heavy atom. The van der Waals surface area contributed by atoms with E-state index in [0.29, 0.717) is 18.8 Å². The van der Waals surface area contributed by atoms with Gasteiger partial charge in [-0.05, 0) is 18.2 Å². The largest absolute Gasteiger partial charge is 0.462 e. The Hall–Kier alpha value is -1.27. The summed E-state index contributed by atoms with van der Waals surface area (Å²) in [7, 11) is -3.55. The van der Waals surface area contributed by atoms with Crippen LogP contribution in [-0.2, 0) is 20.3 Å². The zero-order valence-electron chi connectivity index (χ0n) is 13.1. The summed E-state index contributed by atoms with van der Waals surface area (Å²) in [4.78, 5) is 0. The predicted molar refractivity (Wildman–Crippen MR) is 80.2 cm³/mol. The zero-order chi connectivity index (χ0) is 15.9. The second kappa shape index (κ2) is 5.18. The summed E-state index contributed by atoms with van der Waals surface area (Å²) in [6.45, 7) is 8.44. The van der Waals surface area contributed by atoms with Crippen LogP contribution in [0.5, 0.6) is 11.5 Å². The Labute approximate surface area is 126 Å². The van der Waals surface area contributed by atoms with Gasteiger partial charge in [0.2, 0.25) is 5.79 Å². The number of hydrogen-bond donors (Lipinski definition) is 0. The smallest absolute Gasteiger partial charge is 0.306 e. The lowest BCUT2D eigenvalue weighted by Crippen LogP contribution is -2.36. The van der Waals surface area contributed by atoms with E-state index in [1.165, 1.54) is 0 Å². The molecule has 5 nitrogen and oxygen atoms in total. The molecule has 0 aromatic heterocycles. The molecule has 0 radical (unpaired) electrons. The van der Waals surface area contributed by atoms with Crippen molar-refractivity contribution >= 4 is 10.1 Å². The average molecular weight is 314 g/mol. The minimum Gasteiger partial charge on any atom is -0.462 e. The molecule has 0 N–H and O–H groups in total. The summed E-state index contributed by atoms with van der Waals surface area (Å²) in [6, 6.07) is 5.04. The summed E-state index contributed by atoms with van der Waals surface area (Å²) < 4.78 is 39.4. The van der Waals surface area contributed by atoms with E-state index in [1.54, 1.807) is 18.2 Å². The fraction of sp³-hybridized carbons (Fsp3) is 0.600. The summed E-state index contributed by atoms with van der Waals surface area (Å²) in [5, 5.41) is 0. The molecule has 0 amide bonds. The van der Waals surface area contributed by atoms with Gasteiger partial charge >= 0.3 is 10.1 Å². The Balaban J connectivity index is 2.47. The van der Waals surface area contributed by atoms with Gasteiger partial charge in [-0.3, -0.25) is 0 Å². The average Bonchev–Trinajstić information content (AvgIpc) is 2.45. The lowest BCUT2D eigenvalue weighted by molar-refractivity contribution is -0.172. The van der Waals surface area contributed by atoms with Gasteiger partial charge in [-0.25, -0.2) is 0 Å². The molecule has 1 heterocycles. The van der Waals surface area contributed by atoms with Crippen molar-refractivity contribution in [3.05, 3.63) is 23.8 Å². The molecular weight excluding hydrogens is 292 g/mol. The second-order valence-corrected chi connectivity index (χ2v) is 7.78. The molecule has 0 saturated heterocycles. The number of fused-ring (bicyclic) bond motifs is 1. The molecule has 1 aromatic carbocycles. The molecule has 0 fully saturated rings. The van der Waals surface area contributed by atoms with E-state index < -0.39 is 15.9 Å². The van der Waals surface area contributed by atoms with Crippen LogP contribution in [0.1, 0.15) is 39.7 Å². The molecule has 1 unspecified atom stereocenters. The maximum absolute atomic E-state index is 11.3. The van der Waals surface area contributed by atoms with Crippen LogP contribution in [0.2, 0.25) is 0 Å². The fourth-order valence-electron chi connectivity index (χ4n) is 2.20. The van der Waals surface area contributed by atoms with Crippen LogP contribution in [0.3, 0.4) is 0 Å². The molecule has 0 saturated carbocycles. The molecule has 1 aliphatic rings. The van der Waals surface area contributed by atoms with Crippen molar-refractivity contribution in [1.82, 2.24) is 0 Å². The van der Waals surface area contributed by atoms with Gasteiger partial charge in [-0.15, -0.1) is 0 Å². The Kier molecular flexibility index (Phi) is 3.97. The van der Waals surface area contributed by atoms with Crippen LogP contribution >= 0.6 is 0 Å². The van der Waals surface area contributed by atoms with Gasteiger partial charge in [-0.1, -0.05) is 20.8 Å². The first-order valence-corrected chi connectivity index (χ1v) is 8.73. The molecule has 1 atom stereocenters. The van der Waals surface area contributed by atoms with E-state index >= 15 is 0 Å². The highest BCUT2D eigenvalue weighted by Gasteiger charge is 2.37. The highest BCUT2D eigenvalue weighted by atomic mass is 32.2. The van der Waals surface area contributed by atoms with E-state index in [4.69, 9.17) is 13.7 Å². The van der Waals surface area contributed by atoms with E-state index in [1.807, 2.05) is 27.7 Å². The lowest BCUT2D eigenvalue weighted by Gasteiger charge is -2.28. The third kappa shape index (κ3) is 3.68. The van der Waals surface area contributed by atoms with Crippen molar-refractivity contribution in [3.63, 3.8) is 0 Å². The van der Waals surface area contributed by atoms with Gasteiger partial charge in [-0.2, -0.15) is 8.42 Å². The van der Waals surface area contributed by atoms with Crippen LogP contribution in [0.4, 0.5) is 0 Å². The molecule has 1 aromatic rings. The first kappa shape index (κ1) is 16.1. The fourth-order valence-corrected chi connectivity index (χ4v) is 2.65. The first-order chi connectivity index (χ1) is 9.55. The predicted octanol–water partition coefficient (Wildman–Crippen LogP) is 2.84. The van der Waals surface area contributed by atoms with Crippen molar-refractivity contribution in [2.24, 2.45) is 0 Å². The van der Waals surface area contributed by atoms with Crippen molar-refractivity contribution in [1.29, 1.82) is 0 Å². The van der Waals surface area contributed by atoms with E-state index in [-0.39, 0.29) is 11.2 Å². The van der Waals surface area contributed by atoms with Crippen molar-refractivity contribution in [3.8, 4) is 11.5 Å². The van der Waals surface area contributed by atoms with Gasteiger partial charge in [0, 0.05) is 24.3 Å². The minimum absolute atomic E-state index is 0.285. The summed E-state index contributed by atoms with van der Waals surface area (Å²) in [5.41, 5.74) is 0.569.